The van der Waals surface area contributed by atoms with Crippen molar-refractivity contribution in [3.63, 3.8) is 0 Å². The molecule has 1 aromatic heterocycles. The Morgan fingerprint density at radius 1 is 0.839 bits per heavy atom. The first-order valence-corrected chi connectivity index (χ1v) is 16.9. The number of amides is 3. The van der Waals surface area contributed by atoms with E-state index in [1.807, 2.05) is 13.0 Å². The fourth-order valence-corrected chi connectivity index (χ4v) is 5.74. The van der Waals surface area contributed by atoms with Crippen molar-refractivity contribution in [2.24, 2.45) is 5.92 Å². The number of carbonyl (C=O) groups is 6. The fourth-order valence-electron chi connectivity index (χ4n) is 5.74. The first-order chi connectivity index (χ1) is 26.4. The van der Waals surface area contributed by atoms with Gasteiger partial charge in [0.15, 0.2) is 0 Å². The van der Waals surface area contributed by atoms with Gasteiger partial charge in [-0.05, 0) is 50.1 Å². The zero-order chi connectivity index (χ0) is 41.3. The van der Waals surface area contributed by atoms with E-state index in [2.05, 4.69) is 10.3 Å². The lowest BCUT2D eigenvalue weighted by Crippen LogP contribution is -2.53. The van der Waals surface area contributed by atoms with Crippen molar-refractivity contribution in [1.29, 1.82) is 0 Å². The van der Waals surface area contributed by atoms with Gasteiger partial charge in [0.25, 0.3) is 11.8 Å². The van der Waals surface area contributed by atoms with Crippen molar-refractivity contribution >= 4 is 46.5 Å². The van der Waals surface area contributed by atoms with Crippen molar-refractivity contribution in [1.82, 2.24) is 20.1 Å². The first-order valence-electron chi connectivity index (χ1n) is 16.9. The number of nitrogens with zero attached hydrogens (tertiary/aromatic N) is 3. The second-order valence-corrected chi connectivity index (χ2v) is 12.6. The maximum absolute atomic E-state index is 14.4. The Labute approximate surface area is 316 Å². The standard InChI is InChI=1S/C36H35FN4O8.C2HF3O2/c1-21-7-6-10-24(17-21)33(43)40-13-15-41(16-14-40)34(44)26(35(45)46)11-12-38-32(42)28-20-29(27-19-25(37)18-22(2)30(27)39-28)49-31(36(47)48)23-8-4-3-5-9-23;3-2(4,5)1(6)7/h3-10,17-20,26,31H,11-16H2,1-2H3,(H,38,42)(H,45,46)(H,47,48);(H,6,7). The number of halogens is 4. The molecule has 14 nitrogen and oxygen atoms in total. The number of hydrogen-bond acceptors (Lipinski definition) is 8. The molecular formula is C38H36F4N4O10. The number of ether oxygens (including phenoxy) is 1. The van der Waals surface area contributed by atoms with Crippen LogP contribution in [-0.2, 0) is 19.2 Å². The fraction of sp³-hybridized carbons (Fsp3) is 0.289. The highest BCUT2D eigenvalue weighted by molar-refractivity contribution is 5.99. The molecule has 4 N–H and O–H groups in total. The van der Waals surface area contributed by atoms with Gasteiger partial charge in [0, 0.05) is 55.3 Å². The maximum atomic E-state index is 14.4. The van der Waals surface area contributed by atoms with Gasteiger partial charge in [0.05, 0.1) is 5.52 Å². The summed E-state index contributed by atoms with van der Waals surface area (Å²) in [6.45, 7) is 4.09. The van der Waals surface area contributed by atoms with Crippen LogP contribution in [0.15, 0.2) is 72.8 Å². The lowest BCUT2D eigenvalue weighted by Gasteiger charge is -2.36. The molecule has 0 spiro atoms. The Balaban J connectivity index is 0.000000908. The zero-order valence-corrected chi connectivity index (χ0v) is 29.9. The van der Waals surface area contributed by atoms with Crippen molar-refractivity contribution in [3.8, 4) is 5.75 Å². The molecule has 56 heavy (non-hydrogen) atoms. The molecule has 0 bridgehead atoms. The van der Waals surface area contributed by atoms with Crippen molar-refractivity contribution in [3.05, 3.63) is 107 Å². The molecule has 18 heteroatoms. The van der Waals surface area contributed by atoms with Crippen molar-refractivity contribution in [2.45, 2.75) is 32.5 Å². The number of rotatable bonds is 11. The molecule has 3 aromatic carbocycles. The zero-order valence-electron chi connectivity index (χ0n) is 29.9. The third-order valence-corrected chi connectivity index (χ3v) is 8.54. The minimum Gasteiger partial charge on any atom is -0.481 e. The van der Waals surface area contributed by atoms with Gasteiger partial charge in [-0.15, -0.1) is 0 Å². The summed E-state index contributed by atoms with van der Waals surface area (Å²) in [6.07, 6.45) is -6.78. The number of aromatic nitrogens is 1. The molecule has 0 radical (unpaired) electrons. The Morgan fingerprint density at radius 3 is 2.04 bits per heavy atom. The molecule has 5 rings (SSSR count). The number of piperazine rings is 1. The van der Waals surface area contributed by atoms with Crippen LogP contribution in [0, 0.1) is 25.6 Å². The summed E-state index contributed by atoms with van der Waals surface area (Å²) in [5.41, 5.74) is 2.21. The van der Waals surface area contributed by atoms with Crippen LogP contribution in [0.4, 0.5) is 17.6 Å². The summed E-state index contributed by atoms with van der Waals surface area (Å²) in [7, 11) is 0. The summed E-state index contributed by atoms with van der Waals surface area (Å²) in [5, 5.41) is 29.6. The van der Waals surface area contributed by atoms with Crippen molar-refractivity contribution < 1.29 is 66.4 Å². The molecule has 2 heterocycles. The molecule has 1 aliphatic rings. The quantitative estimate of drug-likeness (QED) is 0.122. The van der Waals surface area contributed by atoms with E-state index in [4.69, 9.17) is 14.6 Å². The van der Waals surface area contributed by atoms with Crippen LogP contribution >= 0.6 is 0 Å². The van der Waals surface area contributed by atoms with Gasteiger partial charge in [-0.3, -0.25) is 19.2 Å². The smallest absolute Gasteiger partial charge is 0.481 e. The Kier molecular flexibility index (Phi) is 13.7. The number of pyridine rings is 1. The molecule has 3 amide bonds. The summed E-state index contributed by atoms with van der Waals surface area (Å²) in [5.74, 6) is -9.08. The highest BCUT2D eigenvalue weighted by Gasteiger charge is 2.38. The lowest BCUT2D eigenvalue weighted by molar-refractivity contribution is -0.192. The number of hydrogen-bond donors (Lipinski definition) is 4. The van der Waals surface area contributed by atoms with Crippen LogP contribution < -0.4 is 10.1 Å². The number of fused-ring (bicyclic) bond motifs is 1. The highest BCUT2D eigenvalue weighted by atomic mass is 19.4. The van der Waals surface area contributed by atoms with Crippen LogP contribution in [-0.4, -0.2) is 105 Å². The van der Waals surface area contributed by atoms with E-state index >= 15 is 0 Å². The summed E-state index contributed by atoms with van der Waals surface area (Å²) in [4.78, 5) is 79.9. The third-order valence-electron chi connectivity index (χ3n) is 8.54. The molecule has 4 aromatic rings. The van der Waals surface area contributed by atoms with Crippen LogP contribution in [0.5, 0.6) is 5.75 Å². The highest BCUT2D eigenvalue weighted by Crippen LogP contribution is 2.32. The van der Waals surface area contributed by atoms with Crippen LogP contribution in [0.2, 0.25) is 0 Å². The van der Waals surface area contributed by atoms with Gasteiger partial charge in [0.1, 0.15) is 23.2 Å². The van der Waals surface area contributed by atoms with E-state index in [1.165, 1.54) is 17.0 Å². The van der Waals surface area contributed by atoms with Crippen LogP contribution in [0.1, 0.15) is 50.1 Å². The molecule has 0 saturated carbocycles. The second-order valence-electron chi connectivity index (χ2n) is 12.6. The molecule has 2 unspecified atom stereocenters. The van der Waals surface area contributed by atoms with E-state index in [1.54, 1.807) is 60.4 Å². The van der Waals surface area contributed by atoms with Gasteiger partial charge in [-0.25, -0.2) is 19.0 Å². The number of carboxylic acid groups (broad SMARTS) is 3. The minimum atomic E-state index is -5.08. The second kappa shape index (κ2) is 18.2. The van der Waals surface area contributed by atoms with Crippen LogP contribution in [0.25, 0.3) is 10.9 Å². The van der Waals surface area contributed by atoms with Gasteiger partial charge in [-0.2, -0.15) is 13.2 Å². The molecule has 1 saturated heterocycles. The number of carboxylic acids is 3. The Morgan fingerprint density at radius 2 is 1.46 bits per heavy atom. The Hall–Kier alpha value is -6.59. The monoisotopic (exact) mass is 784 g/mol. The predicted octanol–water partition coefficient (Wildman–Crippen LogP) is 4.63. The summed E-state index contributed by atoms with van der Waals surface area (Å²) < 4.78 is 52.0. The number of benzene rings is 3. The molecule has 2 atom stereocenters. The normalized spacial score (nSPS) is 13.8. The number of alkyl halides is 3. The van der Waals surface area contributed by atoms with Gasteiger partial charge in [0.2, 0.25) is 12.0 Å². The molecule has 296 valence electrons. The van der Waals surface area contributed by atoms with E-state index in [-0.39, 0.29) is 67.4 Å². The molecule has 0 aliphatic carbocycles. The Bertz CT molecular complexity index is 2120. The minimum absolute atomic E-state index is 0.0902. The number of carbonyl (C=O) groups excluding carboxylic acids is 3. The topological polar surface area (TPSA) is 204 Å². The summed E-state index contributed by atoms with van der Waals surface area (Å²) >= 11 is 0. The van der Waals surface area contributed by atoms with E-state index in [9.17, 15) is 51.7 Å². The molecular weight excluding hydrogens is 748 g/mol. The molecule has 1 fully saturated rings. The average Bonchev–Trinajstić information content (AvgIpc) is 3.15. The predicted molar refractivity (Wildman–Crippen MR) is 189 cm³/mol. The number of nitrogens with one attached hydrogen (secondary N) is 1. The lowest BCUT2D eigenvalue weighted by atomic mass is 10.0. The number of aryl methyl sites for hydroxylation is 2. The largest absolute Gasteiger partial charge is 0.490 e. The SMILES string of the molecule is Cc1cccc(C(=O)N2CCN(C(=O)C(CCNC(=O)c3cc(OC(C(=O)O)c4ccccc4)c4cc(F)cc(C)c4n3)C(=O)O)CC2)c1.O=C(O)C(F)(F)F. The maximum Gasteiger partial charge on any atom is 0.490 e. The van der Waals surface area contributed by atoms with Crippen molar-refractivity contribution in [2.75, 3.05) is 32.7 Å². The molecule has 1 aliphatic heterocycles. The third kappa shape index (κ3) is 10.8. The van der Waals surface area contributed by atoms with Gasteiger partial charge in [-0.1, -0.05) is 48.0 Å². The van der Waals surface area contributed by atoms with E-state index in [0.29, 0.717) is 16.7 Å². The van der Waals surface area contributed by atoms with E-state index in [0.717, 1.165) is 11.6 Å². The van der Waals surface area contributed by atoms with Gasteiger partial charge < -0.3 is 35.2 Å². The van der Waals surface area contributed by atoms with Gasteiger partial charge >= 0.3 is 24.1 Å². The first kappa shape index (κ1) is 42.2. The van der Waals surface area contributed by atoms with E-state index < -0.39 is 53.7 Å². The van der Waals surface area contributed by atoms with Crippen LogP contribution in [0.3, 0.4) is 0 Å². The summed E-state index contributed by atoms with van der Waals surface area (Å²) in [6, 6.07) is 18.9. The number of aliphatic carboxylic acids is 3. The average molecular weight is 785 g/mol.